The maximum atomic E-state index is 5.35. The molecule has 0 bridgehead atoms. The Hall–Kier alpha value is -1.18. The highest BCUT2D eigenvalue weighted by Crippen LogP contribution is 2.37. The summed E-state index contributed by atoms with van der Waals surface area (Å²) in [5.74, 6) is 1.78. The predicted molar refractivity (Wildman–Crippen MR) is 51.6 cm³/mol. The minimum atomic E-state index is 0.850. The highest BCUT2D eigenvalue weighted by molar-refractivity contribution is 5.52. The van der Waals surface area contributed by atoms with Crippen LogP contribution in [-0.4, -0.2) is 14.2 Å². The fraction of sp³-hybridized carbons (Fsp3) is 0.455. The van der Waals surface area contributed by atoms with Gasteiger partial charge in [0.1, 0.15) is 0 Å². The SMILES string of the molecule is COc1ccc2c(c1OC)CCC2. The van der Waals surface area contributed by atoms with E-state index in [0.29, 0.717) is 0 Å². The molecule has 0 heterocycles. The normalized spacial score (nSPS) is 14.0. The lowest BCUT2D eigenvalue weighted by atomic mass is 10.1. The van der Waals surface area contributed by atoms with Crippen LogP contribution in [-0.2, 0) is 12.8 Å². The van der Waals surface area contributed by atoms with E-state index in [2.05, 4.69) is 6.07 Å². The Labute approximate surface area is 78.5 Å². The van der Waals surface area contributed by atoms with E-state index in [-0.39, 0.29) is 0 Å². The van der Waals surface area contributed by atoms with Crippen molar-refractivity contribution < 1.29 is 9.47 Å². The van der Waals surface area contributed by atoms with Crippen molar-refractivity contribution >= 4 is 0 Å². The first kappa shape index (κ1) is 8.42. The number of ether oxygens (including phenoxy) is 2. The number of benzene rings is 1. The Balaban J connectivity index is 2.53. The lowest BCUT2D eigenvalue weighted by Crippen LogP contribution is -1.95. The standard InChI is InChI=1S/C11H14O2/c1-12-10-7-6-8-4-3-5-9(8)11(10)13-2/h6-7H,3-5H2,1-2H3. The molecule has 1 aliphatic carbocycles. The first-order valence-electron chi connectivity index (χ1n) is 4.59. The topological polar surface area (TPSA) is 18.5 Å². The number of hydrogen-bond acceptors (Lipinski definition) is 2. The zero-order valence-corrected chi connectivity index (χ0v) is 8.09. The van der Waals surface area contributed by atoms with Gasteiger partial charge < -0.3 is 9.47 Å². The van der Waals surface area contributed by atoms with Crippen molar-refractivity contribution in [2.24, 2.45) is 0 Å². The van der Waals surface area contributed by atoms with Gasteiger partial charge in [0.15, 0.2) is 11.5 Å². The summed E-state index contributed by atoms with van der Waals surface area (Å²) in [7, 11) is 3.38. The third-order valence-corrected chi connectivity index (χ3v) is 2.62. The van der Waals surface area contributed by atoms with E-state index in [1.54, 1.807) is 14.2 Å². The van der Waals surface area contributed by atoms with Crippen molar-refractivity contribution in [3.63, 3.8) is 0 Å². The van der Waals surface area contributed by atoms with Crippen LogP contribution in [0.4, 0.5) is 0 Å². The second kappa shape index (κ2) is 3.29. The van der Waals surface area contributed by atoms with Gasteiger partial charge in [0, 0.05) is 5.56 Å². The summed E-state index contributed by atoms with van der Waals surface area (Å²) in [6.45, 7) is 0. The monoisotopic (exact) mass is 178 g/mol. The smallest absolute Gasteiger partial charge is 0.164 e. The molecule has 0 aliphatic heterocycles. The largest absolute Gasteiger partial charge is 0.493 e. The van der Waals surface area contributed by atoms with Crippen molar-refractivity contribution in [2.75, 3.05) is 14.2 Å². The number of hydrogen-bond donors (Lipinski definition) is 0. The first-order valence-corrected chi connectivity index (χ1v) is 4.59. The number of methoxy groups -OCH3 is 2. The molecular formula is C11H14O2. The average molecular weight is 178 g/mol. The molecule has 0 unspecified atom stereocenters. The third-order valence-electron chi connectivity index (χ3n) is 2.62. The fourth-order valence-corrected chi connectivity index (χ4v) is 2.00. The van der Waals surface area contributed by atoms with Crippen molar-refractivity contribution in [3.05, 3.63) is 23.3 Å². The highest BCUT2D eigenvalue weighted by atomic mass is 16.5. The Morgan fingerprint density at radius 3 is 2.62 bits per heavy atom. The van der Waals surface area contributed by atoms with Crippen molar-refractivity contribution in [3.8, 4) is 11.5 Å². The molecule has 2 rings (SSSR count). The minimum Gasteiger partial charge on any atom is -0.493 e. The van der Waals surface area contributed by atoms with E-state index in [1.165, 1.54) is 24.0 Å². The molecule has 0 amide bonds. The molecule has 0 fully saturated rings. The van der Waals surface area contributed by atoms with Crippen LogP contribution in [0.2, 0.25) is 0 Å². The second-order valence-corrected chi connectivity index (χ2v) is 3.29. The summed E-state index contributed by atoms with van der Waals surface area (Å²) < 4.78 is 10.6. The molecule has 70 valence electrons. The van der Waals surface area contributed by atoms with Crippen molar-refractivity contribution in [2.45, 2.75) is 19.3 Å². The predicted octanol–water partition coefficient (Wildman–Crippen LogP) is 2.19. The average Bonchev–Trinajstić information content (AvgIpc) is 2.63. The Bertz CT molecular complexity index is 318. The number of fused-ring (bicyclic) bond motifs is 1. The summed E-state index contributed by atoms with van der Waals surface area (Å²) in [5, 5.41) is 0. The van der Waals surface area contributed by atoms with Crippen LogP contribution in [0.3, 0.4) is 0 Å². The van der Waals surface area contributed by atoms with E-state index in [9.17, 15) is 0 Å². The summed E-state index contributed by atoms with van der Waals surface area (Å²) in [6, 6.07) is 4.13. The van der Waals surface area contributed by atoms with Gasteiger partial charge in [0.2, 0.25) is 0 Å². The van der Waals surface area contributed by atoms with Crippen molar-refractivity contribution in [1.29, 1.82) is 0 Å². The molecule has 0 spiro atoms. The van der Waals surface area contributed by atoms with E-state index < -0.39 is 0 Å². The van der Waals surface area contributed by atoms with Gasteiger partial charge in [-0.15, -0.1) is 0 Å². The Morgan fingerprint density at radius 2 is 1.92 bits per heavy atom. The van der Waals surface area contributed by atoms with Crippen LogP contribution >= 0.6 is 0 Å². The molecule has 0 saturated carbocycles. The molecule has 1 aromatic carbocycles. The van der Waals surface area contributed by atoms with Gasteiger partial charge in [0.25, 0.3) is 0 Å². The molecule has 0 radical (unpaired) electrons. The van der Waals surface area contributed by atoms with Gasteiger partial charge >= 0.3 is 0 Å². The van der Waals surface area contributed by atoms with Gasteiger partial charge in [-0.25, -0.2) is 0 Å². The van der Waals surface area contributed by atoms with Crippen LogP contribution in [0.25, 0.3) is 0 Å². The van der Waals surface area contributed by atoms with Gasteiger partial charge in [-0.1, -0.05) is 6.07 Å². The number of aryl methyl sites for hydroxylation is 1. The summed E-state index contributed by atoms with van der Waals surface area (Å²) in [4.78, 5) is 0. The minimum absolute atomic E-state index is 0.850. The molecule has 13 heavy (non-hydrogen) atoms. The second-order valence-electron chi connectivity index (χ2n) is 3.29. The lowest BCUT2D eigenvalue weighted by Gasteiger charge is -2.11. The fourth-order valence-electron chi connectivity index (χ4n) is 2.00. The summed E-state index contributed by atoms with van der Waals surface area (Å²) >= 11 is 0. The maximum absolute atomic E-state index is 5.35. The molecule has 1 aliphatic rings. The van der Waals surface area contributed by atoms with Crippen LogP contribution in [0.5, 0.6) is 11.5 Å². The van der Waals surface area contributed by atoms with Gasteiger partial charge in [-0.2, -0.15) is 0 Å². The van der Waals surface area contributed by atoms with E-state index >= 15 is 0 Å². The van der Waals surface area contributed by atoms with Gasteiger partial charge in [-0.3, -0.25) is 0 Å². The number of rotatable bonds is 2. The summed E-state index contributed by atoms with van der Waals surface area (Å²) in [5.41, 5.74) is 2.75. The van der Waals surface area contributed by atoms with Crippen LogP contribution in [0, 0.1) is 0 Å². The first-order chi connectivity index (χ1) is 6.36. The van der Waals surface area contributed by atoms with Crippen molar-refractivity contribution in [1.82, 2.24) is 0 Å². The lowest BCUT2D eigenvalue weighted by molar-refractivity contribution is 0.352. The molecule has 0 aromatic heterocycles. The molecule has 2 nitrogen and oxygen atoms in total. The van der Waals surface area contributed by atoms with Gasteiger partial charge in [0.05, 0.1) is 14.2 Å². The van der Waals surface area contributed by atoms with E-state index in [0.717, 1.165) is 17.9 Å². The molecule has 0 saturated heterocycles. The van der Waals surface area contributed by atoms with E-state index in [1.807, 2.05) is 6.07 Å². The molecule has 1 aromatic rings. The quantitative estimate of drug-likeness (QED) is 0.691. The van der Waals surface area contributed by atoms with Crippen LogP contribution in [0.1, 0.15) is 17.5 Å². The zero-order valence-electron chi connectivity index (χ0n) is 8.09. The van der Waals surface area contributed by atoms with Crippen LogP contribution in [0.15, 0.2) is 12.1 Å². The summed E-state index contributed by atoms with van der Waals surface area (Å²) in [6.07, 6.45) is 3.53. The molecule has 0 N–H and O–H groups in total. The maximum Gasteiger partial charge on any atom is 0.164 e. The molecule has 2 heteroatoms. The van der Waals surface area contributed by atoms with Gasteiger partial charge in [-0.05, 0) is 30.9 Å². The zero-order chi connectivity index (χ0) is 9.26. The molecular weight excluding hydrogens is 164 g/mol. The third kappa shape index (κ3) is 1.26. The van der Waals surface area contributed by atoms with Crippen LogP contribution < -0.4 is 9.47 Å². The van der Waals surface area contributed by atoms with E-state index in [4.69, 9.17) is 9.47 Å². The Kier molecular flexibility index (Phi) is 2.13. The molecule has 0 atom stereocenters. The highest BCUT2D eigenvalue weighted by Gasteiger charge is 2.18. The Morgan fingerprint density at radius 1 is 1.08 bits per heavy atom.